The zero-order valence-corrected chi connectivity index (χ0v) is 19.0. The van der Waals surface area contributed by atoms with E-state index in [0.29, 0.717) is 31.7 Å². The lowest BCUT2D eigenvalue weighted by molar-refractivity contribution is 0.0616. The second kappa shape index (κ2) is 12.8. The topological polar surface area (TPSA) is 21.7 Å². The van der Waals surface area contributed by atoms with E-state index in [0.717, 1.165) is 6.54 Å². The standard InChI is InChI=1S/C26H39NO2/c1-6-24(26-15-8-22(9-16-26)19-27(3)4)12-7-21(2)25-13-10-23(11-14-25)20-29-18-17-28-5/h8-11,13-16,21,24H,6-7,12,17-20H2,1-5H3. The van der Waals surface area contributed by atoms with E-state index in [2.05, 4.69) is 81.4 Å². The van der Waals surface area contributed by atoms with Gasteiger partial charge in [0.1, 0.15) is 0 Å². The first-order valence-corrected chi connectivity index (χ1v) is 10.9. The van der Waals surface area contributed by atoms with Gasteiger partial charge in [-0.1, -0.05) is 62.4 Å². The highest BCUT2D eigenvalue weighted by molar-refractivity contribution is 5.27. The van der Waals surface area contributed by atoms with Crippen molar-refractivity contribution >= 4 is 0 Å². The summed E-state index contributed by atoms with van der Waals surface area (Å²) in [6.07, 6.45) is 3.63. The molecule has 3 nitrogen and oxygen atoms in total. The number of methoxy groups -OCH3 is 1. The molecule has 2 aromatic carbocycles. The third-order valence-corrected chi connectivity index (χ3v) is 5.64. The highest BCUT2D eigenvalue weighted by Gasteiger charge is 2.13. The molecule has 0 saturated carbocycles. The summed E-state index contributed by atoms with van der Waals surface area (Å²) in [4.78, 5) is 2.21. The fourth-order valence-electron chi connectivity index (χ4n) is 3.76. The molecule has 2 aromatic rings. The fraction of sp³-hybridized carbons (Fsp3) is 0.538. The van der Waals surface area contributed by atoms with Gasteiger partial charge in [-0.25, -0.2) is 0 Å². The Morgan fingerprint density at radius 3 is 2.03 bits per heavy atom. The Balaban J connectivity index is 1.85. The summed E-state index contributed by atoms with van der Waals surface area (Å²) in [5.41, 5.74) is 5.50. The SMILES string of the molecule is CCC(CCC(C)c1ccc(COCCOC)cc1)c1ccc(CN(C)C)cc1. The summed E-state index contributed by atoms with van der Waals surface area (Å²) in [5.74, 6) is 1.21. The molecular weight excluding hydrogens is 358 g/mol. The summed E-state index contributed by atoms with van der Waals surface area (Å²) in [6, 6.07) is 18.1. The molecule has 0 bridgehead atoms. The fourth-order valence-corrected chi connectivity index (χ4v) is 3.76. The predicted octanol–water partition coefficient (Wildman–Crippen LogP) is 5.99. The Labute approximate surface area is 178 Å². The molecule has 29 heavy (non-hydrogen) atoms. The van der Waals surface area contributed by atoms with E-state index >= 15 is 0 Å². The average Bonchev–Trinajstić information content (AvgIpc) is 2.72. The van der Waals surface area contributed by atoms with Gasteiger partial charge < -0.3 is 14.4 Å². The number of ether oxygens (including phenoxy) is 2. The molecule has 3 heteroatoms. The quantitative estimate of drug-likeness (QED) is 0.388. The van der Waals surface area contributed by atoms with Gasteiger partial charge in [0.05, 0.1) is 19.8 Å². The monoisotopic (exact) mass is 397 g/mol. The van der Waals surface area contributed by atoms with Crippen LogP contribution in [0.25, 0.3) is 0 Å². The summed E-state index contributed by atoms with van der Waals surface area (Å²) in [7, 11) is 5.93. The minimum atomic E-state index is 0.570. The molecule has 2 rings (SSSR count). The van der Waals surface area contributed by atoms with E-state index < -0.39 is 0 Å². The summed E-state index contributed by atoms with van der Waals surface area (Å²) >= 11 is 0. The maximum atomic E-state index is 5.60. The lowest BCUT2D eigenvalue weighted by Gasteiger charge is -2.19. The lowest BCUT2D eigenvalue weighted by Crippen LogP contribution is -2.10. The summed E-state index contributed by atoms with van der Waals surface area (Å²) < 4.78 is 10.6. The van der Waals surface area contributed by atoms with Gasteiger partial charge in [0.2, 0.25) is 0 Å². The molecule has 0 aliphatic rings. The zero-order valence-electron chi connectivity index (χ0n) is 19.0. The van der Waals surface area contributed by atoms with Crippen molar-refractivity contribution in [2.75, 3.05) is 34.4 Å². The number of benzene rings is 2. The van der Waals surface area contributed by atoms with Gasteiger partial charge in [0.15, 0.2) is 0 Å². The number of nitrogens with zero attached hydrogens (tertiary/aromatic N) is 1. The first-order chi connectivity index (χ1) is 14.0. The molecule has 0 aliphatic carbocycles. The third-order valence-electron chi connectivity index (χ3n) is 5.64. The second-order valence-electron chi connectivity index (χ2n) is 8.35. The van der Waals surface area contributed by atoms with Crippen LogP contribution in [-0.4, -0.2) is 39.3 Å². The Morgan fingerprint density at radius 2 is 1.45 bits per heavy atom. The normalized spacial score (nSPS) is 13.6. The van der Waals surface area contributed by atoms with Crippen LogP contribution in [-0.2, 0) is 22.6 Å². The maximum absolute atomic E-state index is 5.60. The van der Waals surface area contributed by atoms with Crippen LogP contribution in [0, 0.1) is 0 Å². The van der Waals surface area contributed by atoms with Gasteiger partial charge in [-0.05, 0) is 67.4 Å². The highest BCUT2D eigenvalue weighted by Crippen LogP contribution is 2.30. The Hall–Kier alpha value is -1.68. The molecule has 0 saturated heterocycles. The van der Waals surface area contributed by atoms with Crippen molar-refractivity contribution in [3.8, 4) is 0 Å². The van der Waals surface area contributed by atoms with Crippen molar-refractivity contribution in [2.24, 2.45) is 0 Å². The number of hydrogen-bond acceptors (Lipinski definition) is 3. The molecule has 0 heterocycles. The van der Waals surface area contributed by atoms with Crippen molar-refractivity contribution in [3.63, 3.8) is 0 Å². The average molecular weight is 398 g/mol. The zero-order chi connectivity index (χ0) is 21.1. The van der Waals surface area contributed by atoms with Crippen molar-refractivity contribution in [2.45, 2.75) is 58.1 Å². The van der Waals surface area contributed by atoms with Crippen LogP contribution in [0.4, 0.5) is 0 Å². The van der Waals surface area contributed by atoms with Crippen LogP contribution < -0.4 is 0 Å². The van der Waals surface area contributed by atoms with Crippen LogP contribution in [0.3, 0.4) is 0 Å². The molecule has 0 fully saturated rings. The van der Waals surface area contributed by atoms with Gasteiger partial charge in [-0.2, -0.15) is 0 Å². The van der Waals surface area contributed by atoms with Crippen molar-refractivity contribution in [1.82, 2.24) is 4.90 Å². The summed E-state index contributed by atoms with van der Waals surface area (Å²) in [5, 5.41) is 0. The molecule has 0 aliphatic heterocycles. The van der Waals surface area contributed by atoms with Gasteiger partial charge in [0.25, 0.3) is 0 Å². The Morgan fingerprint density at radius 1 is 0.828 bits per heavy atom. The van der Waals surface area contributed by atoms with Crippen LogP contribution in [0.15, 0.2) is 48.5 Å². The Bertz CT molecular complexity index is 679. The van der Waals surface area contributed by atoms with E-state index in [1.165, 1.54) is 41.5 Å². The molecule has 0 radical (unpaired) electrons. The van der Waals surface area contributed by atoms with Gasteiger partial charge in [-0.3, -0.25) is 0 Å². The largest absolute Gasteiger partial charge is 0.382 e. The van der Waals surface area contributed by atoms with Crippen molar-refractivity contribution in [3.05, 3.63) is 70.8 Å². The van der Waals surface area contributed by atoms with Crippen LogP contribution in [0.5, 0.6) is 0 Å². The second-order valence-corrected chi connectivity index (χ2v) is 8.35. The van der Waals surface area contributed by atoms with Crippen LogP contribution in [0.1, 0.15) is 67.2 Å². The van der Waals surface area contributed by atoms with E-state index in [-0.39, 0.29) is 0 Å². The molecule has 0 N–H and O–H groups in total. The maximum Gasteiger partial charge on any atom is 0.0718 e. The highest BCUT2D eigenvalue weighted by atomic mass is 16.5. The predicted molar refractivity (Wildman–Crippen MR) is 122 cm³/mol. The van der Waals surface area contributed by atoms with E-state index in [1.54, 1.807) is 7.11 Å². The van der Waals surface area contributed by atoms with E-state index in [4.69, 9.17) is 9.47 Å². The lowest BCUT2D eigenvalue weighted by atomic mass is 9.86. The molecule has 2 atom stereocenters. The molecule has 2 unspecified atom stereocenters. The number of rotatable bonds is 13. The van der Waals surface area contributed by atoms with E-state index in [9.17, 15) is 0 Å². The van der Waals surface area contributed by atoms with E-state index in [1.807, 2.05) is 0 Å². The molecule has 160 valence electrons. The molecule has 0 aromatic heterocycles. The first-order valence-electron chi connectivity index (χ1n) is 10.9. The van der Waals surface area contributed by atoms with Gasteiger partial charge in [-0.15, -0.1) is 0 Å². The summed E-state index contributed by atoms with van der Waals surface area (Å²) in [6.45, 7) is 7.59. The van der Waals surface area contributed by atoms with Gasteiger partial charge >= 0.3 is 0 Å². The first kappa shape index (κ1) is 23.6. The molecule has 0 spiro atoms. The van der Waals surface area contributed by atoms with Crippen LogP contribution in [0.2, 0.25) is 0 Å². The Kier molecular flexibility index (Phi) is 10.4. The molecular formula is C26H39NO2. The minimum Gasteiger partial charge on any atom is -0.382 e. The van der Waals surface area contributed by atoms with Crippen molar-refractivity contribution in [1.29, 1.82) is 0 Å². The van der Waals surface area contributed by atoms with Crippen molar-refractivity contribution < 1.29 is 9.47 Å². The number of hydrogen-bond donors (Lipinski definition) is 0. The molecule has 0 amide bonds. The van der Waals surface area contributed by atoms with Gasteiger partial charge in [0, 0.05) is 13.7 Å². The smallest absolute Gasteiger partial charge is 0.0718 e. The third kappa shape index (κ3) is 8.30. The minimum absolute atomic E-state index is 0.570. The van der Waals surface area contributed by atoms with Crippen LogP contribution >= 0.6 is 0 Å².